The van der Waals surface area contributed by atoms with Crippen molar-refractivity contribution < 1.29 is 4.79 Å². The van der Waals surface area contributed by atoms with Crippen molar-refractivity contribution in [1.29, 1.82) is 0 Å². The highest BCUT2D eigenvalue weighted by Crippen LogP contribution is 2.15. The number of hydrogen-bond acceptors (Lipinski definition) is 4. The first kappa shape index (κ1) is 13.6. The Morgan fingerprint density at radius 1 is 1.53 bits per heavy atom. The molecule has 1 amide bonds. The van der Waals surface area contributed by atoms with Crippen LogP contribution in [0, 0.1) is 0 Å². The van der Waals surface area contributed by atoms with Gasteiger partial charge in [-0.1, -0.05) is 13.3 Å². The van der Waals surface area contributed by atoms with Gasteiger partial charge in [0.05, 0.1) is 12.2 Å². The minimum Gasteiger partial charge on any atom is -0.375 e. The molecular formula is C13H18N4OS. The lowest BCUT2D eigenvalue weighted by Gasteiger charge is -2.17. The van der Waals surface area contributed by atoms with E-state index in [0.717, 1.165) is 18.5 Å². The van der Waals surface area contributed by atoms with Crippen molar-refractivity contribution in [3.63, 3.8) is 0 Å². The molecule has 0 radical (unpaired) electrons. The Hall–Kier alpha value is -1.82. The summed E-state index contributed by atoms with van der Waals surface area (Å²) in [5, 5.41) is 5.30. The van der Waals surface area contributed by atoms with E-state index >= 15 is 0 Å². The average Bonchev–Trinajstić information content (AvgIpc) is 3.04. The topological polar surface area (TPSA) is 72.9 Å². The standard InChI is InChI=1S/C13H18N4OS/c1-2-5-11(17-6-3-4-7-17)12(18)15-8-10-9-19-13(14)16-10/h3-4,6-7,9,11H,2,5,8H2,1H3,(H2,14,16)(H,15,18)/t11-/m1/s1. The number of anilines is 1. The van der Waals surface area contributed by atoms with Gasteiger partial charge in [0, 0.05) is 17.8 Å². The number of nitrogens with one attached hydrogen (secondary N) is 1. The number of amides is 1. The SMILES string of the molecule is CCC[C@H](C(=O)NCc1csc(N)n1)n1cccc1. The number of nitrogens with zero attached hydrogens (tertiary/aromatic N) is 2. The van der Waals surface area contributed by atoms with Crippen LogP contribution in [0.2, 0.25) is 0 Å². The number of thiazole rings is 1. The Morgan fingerprint density at radius 3 is 2.84 bits per heavy atom. The van der Waals surface area contributed by atoms with Crippen molar-refractivity contribution >= 4 is 22.4 Å². The highest BCUT2D eigenvalue weighted by atomic mass is 32.1. The van der Waals surface area contributed by atoms with Crippen LogP contribution >= 0.6 is 11.3 Å². The van der Waals surface area contributed by atoms with Crippen molar-refractivity contribution in [3.8, 4) is 0 Å². The molecule has 19 heavy (non-hydrogen) atoms. The van der Waals surface area contributed by atoms with E-state index in [1.165, 1.54) is 11.3 Å². The molecule has 0 unspecified atom stereocenters. The lowest BCUT2D eigenvalue weighted by atomic mass is 10.1. The Bertz CT molecular complexity index is 520. The first-order chi connectivity index (χ1) is 9.20. The number of hydrogen-bond donors (Lipinski definition) is 2. The van der Waals surface area contributed by atoms with Crippen LogP contribution in [-0.4, -0.2) is 15.5 Å². The fraction of sp³-hybridized carbons (Fsp3) is 0.385. The van der Waals surface area contributed by atoms with Gasteiger partial charge >= 0.3 is 0 Å². The number of carbonyl (C=O) groups is 1. The molecule has 0 aliphatic rings. The maximum Gasteiger partial charge on any atom is 0.243 e. The molecule has 0 aliphatic carbocycles. The van der Waals surface area contributed by atoms with Gasteiger partial charge in [0.1, 0.15) is 6.04 Å². The third-order valence-electron chi connectivity index (χ3n) is 2.87. The van der Waals surface area contributed by atoms with E-state index in [1.54, 1.807) is 0 Å². The third-order valence-corrected chi connectivity index (χ3v) is 3.59. The molecule has 2 aromatic heterocycles. The van der Waals surface area contributed by atoms with Gasteiger partial charge in [0.25, 0.3) is 0 Å². The van der Waals surface area contributed by atoms with Crippen LogP contribution in [0.15, 0.2) is 29.9 Å². The summed E-state index contributed by atoms with van der Waals surface area (Å²) in [5.74, 6) is 0.0182. The van der Waals surface area contributed by atoms with E-state index < -0.39 is 0 Å². The smallest absolute Gasteiger partial charge is 0.243 e. The summed E-state index contributed by atoms with van der Waals surface area (Å²) in [5.41, 5.74) is 6.36. The van der Waals surface area contributed by atoms with Gasteiger partial charge in [0.15, 0.2) is 5.13 Å². The maximum atomic E-state index is 12.2. The quantitative estimate of drug-likeness (QED) is 0.850. The molecule has 1 atom stereocenters. The second-order valence-electron chi connectivity index (χ2n) is 4.33. The summed E-state index contributed by atoms with van der Waals surface area (Å²) in [6, 6.07) is 3.70. The Kier molecular flexibility index (Phi) is 4.57. The van der Waals surface area contributed by atoms with Crippen LogP contribution in [0.25, 0.3) is 0 Å². The van der Waals surface area contributed by atoms with Crippen molar-refractivity contribution in [2.45, 2.75) is 32.4 Å². The Balaban J connectivity index is 1.96. The molecule has 0 fully saturated rings. The predicted octanol–water partition coefficient (Wildman–Crippen LogP) is 2.18. The molecule has 0 aromatic carbocycles. The molecule has 0 spiro atoms. The number of rotatable bonds is 6. The summed E-state index contributed by atoms with van der Waals surface area (Å²) in [6.45, 7) is 2.50. The molecule has 0 aliphatic heterocycles. The van der Waals surface area contributed by atoms with E-state index in [4.69, 9.17) is 5.73 Å². The minimum absolute atomic E-state index is 0.0182. The second kappa shape index (κ2) is 6.38. The summed E-state index contributed by atoms with van der Waals surface area (Å²) in [7, 11) is 0. The fourth-order valence-corrected chi connectivity index (χ4v) is 2.51. The first-order valence-electron chi connectivity index (χ1n) is 6.30. The molecule has 0 bridgehead atoms. The highest BCUT2D eigenvalue weighted by Gasteiger charge is 2.18. The zero-order valence-corrected chi connectivity index (χ0v) is 11.7. The number of nitrogen functional groups attached to an aromatic ring is 1. The monoisotopic (exact) mass is 278 g/mol. The predicted molar refractivity (Wildman–Crippen MR) is 76.8 cm³/mol. The summed E-state index contributed by atoms with van der Waals surface area (Å²) in [6.07, 6.45) is 5.61. The van der Waals surface area contributed by atoms with E-state index in [0.29, 0.717) is 11.7 Å². The van der Waals surface area contributed by atoms with Crippen LogP contribution in [0.5, 0.6) is 0 Å². The average molecular weight is 278 g/mol. The maximum absolute atomic E-state index is 12.2. The Morgan fingerprint density at radius 2 is 2.26 bits per heavy atom. The second-order valence-corrected chi connectivity index (χ2v) is 5.22. The molecule has 2 aromatic rings. The summed E-state index contributed by atoms with van der Waals surface area (Å²) >= 11 is 1.38. The zero-order valence-electron chi connectivity index (χ0n) is 10.9. The molecule has 102 valence electrons. The van der Waals surface area contributed by atoms with Gasteiger partial charge in [0.2, 0.25) is 5.91 Å². The van der Waals surface area contributed by atoms with Gasteiger partial charge in [-0.3, -0.25) is 4.79 Å². The molecule has 5 nitrogen and oxygen atoms in total. The van der Waals surface area contributed by atoms with Gasteiger partial charge in [-0.15, -0.1) is 11.3 Å². The molecule has 2 rings (SSSR count). The lowest BCUT2D eigenvalue weighted by Crippen LogP contribution is -2.31. The zero-order chi connectivity index (χ0) is 13.7. The fourth-order valence-electron chi connectivity index (χ4n) is 1.94. The van der Waals surface area contributed by atoms with Gasteiger partial charge in [-0.2, -0.15) is 0 Å². The third kappa shape index (κ3) is 3.57. The largest absolute Gasteiger partial charge is 0.375 e. The summed E-state index contributed by atoms with van der Waals surface area (Å²) in [4.78, 5) is 16.3. The van der Waals surface area contributed by atoms with Crippen LogP contribution in [0.4, 0.5) is 5.13 Å². The van der Waals surface area contributed by atoms with E-state index in [9.17, 15) is 4.79 Å². The molecule has 0 saturated heterocycles. The van der Waals surface area contributed by atoms with Gasteiger partial charge in [-0.05, 0) is 18.6 Å². The van der Waals surface area contributed by atoms with Crippen LogP contribution in [0.3, 0.4) is 0 Å². The van der Waals surface area contributed by atoms with Gasteiger partial charge < -0.3 is 15.6 Å². The van der Waals surface area contributed by atoms with Crippen molar-refractivity contribution in [1.82, 2.24) is 14.9 Å². The normalized spacial score (nSPS) is 12.3. The van der Waals surface area contributed by atoms with Crippen LogP contribution in [0.1, 0.15) is 31.5 Å². The molecule has 3 N–H and O–H groups in total. The number of aromatic nitrogens is 2. The van der Waals surface area contributed by atoms with Gasteiger partial charge in [-0.25, -0.2) is 4.98 Å². The number of carbonyl (C=O) groups excluding carboxylic acids is 1. The number of nitrogens with two attached hydrogens (primary N) is 1. The molecule has 0 saturated carbocycles. The first-order valence-corrected chi connectivity index (χ1v) is 7.18. The van der Waals surface area contributed by atoms with E-state index in [1.807, 2.05) is 34.5 Å². The highest BCUT2D eigenvalue weighted by molar-refractivity contribution is 7.13. The molecule has 6 heteroatoms. The van der Waals surface area contributed by atoms with E-state index in [2.05, 4.69) is 17.2 Å². The van der Waals surface area contributed by atoms with Crippen LogP contribution in [-0.2, 0) is 11.3 Å². The van der Waals surface area contributed by atoms with Crippen LogP contribution < -0.4 is 11.1 Å². The Labute approximate surface area is 116 Å². The van der Waals surface area contributed by atoms with E-state index in [-0.39, 0.29) is 11.9 Å². The minimum atomic E-state index is -0.156. The molecule has 2 heterocycles. The lowest BCUT2D eigenvalue weighted by molar-refractivity contribution is -0.124. The molecular weight excluding hydrogens is 260 g/mol. The van der Waals surface area contributed by atoms with Crippen molar-refractivity contribution in [3.05, 3.63) is 35.6 Å². The summed E-state index contributed by atoms with van der Waals surface area (Å²) < 4.78 is 1.94. The van der Waals surface area contributed by atoms with Crippen molar-refractivity contribution in [2.24, 2.45) is 0 Å². The van der Waals surface area contributed by atoms with Crippen molar-refractivity contribution in [2.75, 3.05) is 5.73 Å².